The van der Waals surface area contributed by atoms with E-state index in [-0.39, 0.29) is 17.5 Å². The van der Waals surface area contributed by atoms with Gasteiger partial charge in [-0.15, -0.1) is 0 Å². The zero-order valence-corrected chi connectivity index (χ0v) is 20.5. The minimum Gasteiger partial charge on any atom is -0.443 e. The number of carbonyl (C=O) groups is 2. The highest BCUT2D eigenvalue weighted by molar-refractivity contribution is 6.04. The zero-order chi connectivity index (χ0) is 24.4. The lowest BCUT2D eigenvalue weighted by Crippen LogP contribution is -2.49. The van der Waals surface area contributed by atoms with Crippen LogP contribution in [0.1, 0.15) is 51.2 Å². The predicted octanol–water partition coefficient (Wildman–Crippen LogP) is 4.55. The van der Waals surface area contributed by atoms with E-state index in [0.717, 1.165) is 45.4 Å². The molecule has 2 amide bonds. The minimum absolute atomic E-state index is 0.0164. The van der Waals surface area contributed by atoms with Crippen molar-refractivity contribution in [1.82, 2.24) is 14.8 Å². The van der Waals surface area contributed by atoms with E-state index in [0.29, 0.717) is 30.0 Å². The van der Waals surface area contributed by atoms with Crippen LogP contribution in [0.25, 0.3) is 11.3 Å². The summed E-state index contributed by atoms with van der Waals surface area (Å²) in [5.41, 5.74) is 5.22. The molecule has 0 bridgehead atoms. The number of hydrogen-bond donors (Lipinski definition) is 0. The second-order valence-corrected chi connectivity index (χ2v) is 9.43. The number of piperazine rings is 1. The summed E-state index contributed by atoms with van der Waals surface area (Å²) < 4.78 is 5.72. The molecule has 3 aromatic rings. The van der Waals surface area contributed by atoms with Gasteiger partial charge < -0.3 is 19.1 Å². The number of oxazole rings is 1. The van der Waals surface area contributed by atoms with Crippen LogP contribution < -0.4 is 4.90 Å². The molecule has 2 aromatic carbocycles. The lowest BCUT2D eigenvalue weighted by molar-refractivity contribution is 0.0720. The SMILES string of the molecule is Cc1cccc(N2CCN(C(=O)c3ncoc3-c3ccccc3C(=O)N3CCCCC3)CC2)c1C. The fourth-order valence-corrected chi connectivity index (χ4v) is 5.10. The Morgan fingerprint density at radius 1 is 0.800 bits per heavy atom. The van der Waals surface area contributed by atoms with Crippen LogP contribution in [0, 0.1) is 13.8 Å². The van der Waals surface area contributed by atoms with E-state index >= 15 is 0 Å². The van der Waals surface area contributed by atoms with Crippen molar-refractivity contribution >= 4 is 17.5 Å². The average molecular weight is 473 g/mol. The molecule has 2 aliphatic rings. The van der Waals surface area contributed by atoms with Gasteiger partial charge in [0, 0.05) is 50.5 Å². The van der Waals surface area contributed by atoms with Gasteiger partial charge in [-0.25, -0.2) is 4.98 Å². The first-order valence-electron chi connectivity index (χ1n) is 12.5. The first-order valence-corrected chi connectivity index (χ1v) is 12.5. The van der Waals surface area contributed by atoms with Gasteiger partial charge in [0.2, 0.25) is 0 Å². The van der Waals surface area contributed by atoms with Crippen LogP contribution in [0.2, 0.25) is 0 Å². The standard InChI is InChI=1S/C28H32N4O3/c1-20-9-8-12-24(21(20)2)30-15-17-32(18-16-30)28(34)25-26(35-19-29-25)22-10-4-5-11-23(22)27(33)31-13-6-3-7-14-31/h4-5,8-12,19H,3,6-7,13-18H2,1-2H3. The van der Waals surface area contributed by atoms with Gasteiger partial charge in [0.25, 0.3) is 11.8 Å². The van der Waals surface area contributed by atoms with E-state index < -0.39 is 0 Å². The quantitative estimate of drug-likeness (QED) is 0.557. The maximum absolute atomic E-state index is 13.5. The Labute approximate surface area is 206 Å². The number of aromatic nitrogens is 1. The fourth-order valence-electron chi connectivity index (χ4n) is 5.10. The number of rotatable bonds is 4. The molecule has 0 spiro atoms. The molecule has 5 rings (SSSR count). The molecule has 0 aliphatic carbocycles. The van der Waals surface area contributed by atoms with Gasteiger partial charge in [0.05, 0.1) is 5.56 Å². The largest absolute Gasteiger partial charge is 0.443 e. The van der Waals surface area contributed by atoms with Crippen molar-refractivity contribution in [2.45, 2.75) is 33.1 Å². The Kier molecular flexibility index (Phi) is 6.57. The van der Waals surface area contributed by atoms with Crippen molar-refractivity contribution in [3.8, 4) is 11.3 Å². The van der Waals surface area contributed by atoms with Gasteiger partial charge in [-0.1, -0.05) is 30.3 Å². The van der Waals surface area contributed by atoms with Crippen LogP contribution >= 0.6 is 0 Å². The highest BCUT2D eigenvalue weighted by Gasteiger charge is 2.30. The molecule has 0 unspecified atom stereocenters. The highest BCUT2D eigenvalue weighted by atomic mass is 16.3. The van der Waals surface area contributed by atoms with Crippen molar-refractivity contribution in [3.05, 3.63) is 71.2 Å². The van der Waals surface area contributed by atoms with E-state index in [1.54, 1.807) is 0 Å². The van der Waals surface area contributed by atoms with Crippen molar-refractivity contribution in [2.75, 3.05) is 44.2 Å². The molecule has 35 heavy (non-hydrogen) atoms. The predicted molar refractivity (Wildman–Crippen MR) is 136 cm³/mol. The van der Waals surface area contributed by atoms with Crippen LogP contribution in [0.3, 0.4) is 0 Å². The molecule has 0 saturated carbocycles. The van der Waals surface area contributed by atoms with Crippen LogP contribution in [0.4, 0.5) is 5.69 Å². The Morgan fingerprint density at radius 3 is 2.29 bits per heavy atom. The molecule has 182 valence electrons. The normalized spacial score (nSPS) is 16.5. The van der Waals surface area contributed by atoms with Gasteiger partial charge in [-0.2, -0.15) is 0 Å². The van der Waals surface area contributed by atoms with Gasteiger partial charge in [-0.05, 0) is 56.4 Å². The lowest BCUT2D eigenvalue weighted by Gasteiger charge is -2.36. The number of hydrogen-bond acceptors (Lipinski definition) is 5. The van der Waals surface area contributed by atoms with Gasteiger partial charge in [-0.3, -0.25) is 9.59 Å². The first kappa shape index (κ1) is 23.1. The Morgan fingerprint density at radius 2 is 1.51 bits per heavy atom. The number of aryl methyl sites for hydroxylation is 1. The summed E-state index contributed by atoms with van der Waals surface area (Å²) in [6.45, 7) is 8.52. The maximum Gasteiger partial charge on any atom is 0.276 e. The van der Waals surface area contributed by atoms with Crippen molar-refractivity contribution < 1.29 is 14.0 Å². The minimum atomic E-state index is -0.158. The Balaban J connectivity index is 1.34. The van der Waals surface area contributed by atoms with Crippen LogP contribution in [-0.2, 0) is 0 Å². The number of nitrogens with zero attached hydrogens (tertiary/aromatic N) is 4. The van der Waals surface area contributed by atoms with Crippen LogP contribution in [0.5, 0.6) is 0 Å². The summed E-state index contributed by atoms with van der Waals surface area (Å²) in [7, 11) is 0. The Hall–Kier alpha value is -3.61. The molecule has 0 radical (unpaired) electrons. The molecule has 0 N–H and O–H groups in total. The topological polar surface area (TPSA) is 69.9 Å². The van der Waals surface area contributed by atoms with E-state index in [4.69, 9.17) is 4.42 Å². The summed E-state index contributed by atoms with van der Waals surface area (Å²) >= 11 is 0. The average Bonchev–Trinajstić information content (AvgIpc) is 3.40. The third kappa shape index (κ3) is 4.55. The third-order valence-corrected chi connectivity index (χ3v) is 7.30. The van der Waals surface area contributed by atoms with Crippen molar-refractivity contribution in [3.63, 3.8) is 0 Å². The molecule has 2 fully saturated rings. The first-order chi connectivity index (χ1) is 17.0. The molecule has 2 aliphatic heterocycles. The van der Waals surface area contributed by atoms with E-state index in [2.05, 4.69) is 41.9 Å². The number of likely N-dealkylation sites (tertiary alicyclic amines) is 1. The summed E-state index contributed by atoms with van der Waals surface area (Å²) in [5.74, 6) is 0.194. The van der Waals surface area contributed by atoms with E-state index in [9.17, 15) is 9.59 Å². The number of piperidine rings is 1. The second kappa shape index (κ2) is 9.94. The number of anilines is 1. The van der Waals surface area contributed by atoms with Gasteiger partial charge in [0.15, 0.2) is 17.8 Å². The third-order valence-electron chi connectivity index (χ3n) is 7.30. The van der Waals surface area contributed by atoms with Gasteiger partial charge in [0.1, 0.15) is 0 Å². The maximum atomic E-state index is 13.5. The summed E-state index contributed by atoms with van der Waals surface area (Å²) in [6.07, 6.45) is 4.50. The lowest BCUT2D eigenvalue weighted by atomic mass is 10.0. The molecular weight excluding hydrogens is 440 g/mol. The monoisotopic (exact) mass is 472 g/mol. The van der Waals surface area contributed by atoms with Crippen molar-refractivity contribution in [2.24, 2.45) is 0 Å². The molecule has 2 saturated heterocycles. The number of amides is 2. The molecule has 7 nitrogen and oxygen atoms in total. The number of carbonyl (C=O) groups excluding carboxylic acids is 2. The number of benzene rings is 2. The van der Waals surface area contributed by atoms with E-state index in [1.165, 1.54) is 23.2 Å². The Bertz CT molecular complexity index is 1220. The highest BCUT2D eigenvalue weighted by Crippen LogP contribution is 2.30. The summed E-state index contributed by atoms with van der Waals surface area (Å²) in [5, 5.41) is 0. The van der Waals surface area contributed by atoms with E-state index in [1.807, 2.05) is 34.1 Å². The second-order valence-electron chi connectivity index (χ2n) is 9.43. The fraction of sp³-hybridized carbons (Fsp3) is 0.393. The molecule has 1 aromatic heterocycles. The summed E-state index contributed by atoms with van der Waals surface area (Å²) in [4.78, 5) is 37.1. The van der Waals surface area contributed by atoms with Crippen molar-refractivity contribution in [1.29, 1.82) is 0 Å². The molecular formula is C28H32N4O3. The zero-order valence-electron chi connectivity index (χ0n) is 20.5. The van der Waals surface area contributed by atoms with Crippen LogP contribution in [0.15, 0.2) is 53.3 Å². The molecule has 0 atom stereocenters. The van der Waals surface area contributed by atoms with Gasteiger partial charge >= 0.3 is 0 Å². The summed E-state index contributed by atoms with van der Waals surface area (Å²) in [6, 6.07) is 13.7. The smallest absolute Gasteiger partial charge is 0.276 e. The molecule has 3 heterocycles. The molecule has 7 heteroatoms. The van der Waals surface area contributed by atoms with Crippen LogP contribution in [-0.4, -0.2) is 65.9 Å².